The van der Waals surface area contributed by atoms with Gasteiger partial charge in [-0.25, -0.2) is 13.2 Å². The van der Waals surface area contributed by atoms with Gasteiger partial charge in [-0.05, 0) is 29.8 Å². The molecule has 2 rings (SSSR count). The van der Waals surface area contributed by atoms with Crippen molar-refractivity contribution >= 4 is 5.69 Å². The van der Waals surface area contributed by atoms with Crippen molar-refractivity contribution in [2.24, 2.45) is 0 Å². The summed E-state index contributed by atoms with van der Waals surface area (Å²) >= 11 is 0. The average Bonchev–Trinajstić information content (AvgIpc) is 2.49. The summed E-state index contributed by atoms with van der Waals surface area (Å²) in [5.41, 5.74) is 0.950. The molecule has 0 spiro atoms. The number of methoxy groups -OCH3 is 1. The first-order chi connectivity index (χ1) is 10.1. The number of ether oxygens (including phenoxy) is 1. The van der Waals surface area contributed by atoms with E-state index in [-0.39, 0.29) is 12.1 Å². The van der Waals surface area contributed by atoms with Crippen molar-refractivity contribution in [1.82, 2.24) is 0 Å². The third-order valence-electron chi connectivity index (χ3n) is 2.88. The zero-order valence-corrected chi connectivity index (χ0v) is 11.1. The summed E-state index contributed by atoms with van der Waals surface area (Å²) < 4.78 is 44.3. The van der Waals surface area contributed by atoms with Gasteiger partial charge < -0.3 is 10.1 Å². The third-order valence-corrected chi connectivity index (χ3v) is 2.88. The van der Waals surface area contributed by atoms with Gasteiger partial charge in [-0.3, -0.25) is 0 Å². The van der Waals surface area contributed by atoms with Crippen LogP contribution in [0.1, 0.15) is 11.1 Å². The molecule has 0 heterocycles. The van der Waals surface area contributed by atoms with E-state index in [1.165, 1.54) is 7.11 Å². The summed E-state index contributed by atoms with van der Waals surface area (Å²) in [5.74, 6) is -3.59. The number of benzene rings is 2. The van der Waals surface area contributed by atoms with Crippen LogP contribution in [0.5, 0.6) is 5.75 Å². The number of rotatable bonds is 4. The minimum atomic E-state index is -1.51. The van der Waals surface area contributed by atoms with Crippen LogP contribution in [0.2, 0.25) is 0 Å². The Kier molecular flexibility index (Phi) is 4.33. The van der Waals surface area contributed by atoms with Gasteiger partial charge in [-0.1, -0.05) is 6.07 Å². The smallest absolute Gasteiger partial charge is 0.194 e. The van der Waals surface area contributed by atoms with Crippen LogP contribution in [0.25, 0.3) is 0 Å². The lowest BCUT2D eigenvalue weighted by Crippen LogP contribution is -2.05. The van der Waals surface area contributed by atoms with Crippen molar-refractivity contribution < 1.29 is 17.9 Å². The maximum Gasteiger partial charge on any atom is 0.194 e. The Bertz CT molecular complexity index is 688. The van der Waals surface area contributed by atoms with Crippen LogP contribution in [-0.2, 0) is 6.54 Å². The fourth-order valence-electron chi connectivity index (χ4n) is 1.88. The lowest BCUT2D eigenvalue weighted by molar-refractivity contribution is 0.416. The number of para-hydroxylation sites is 1. The van der Waals surface area contributed by atoms with Crippen molar-refractivity contribution in [3.05, 3.63) is 58.9 Å². The zero-order valence-electron chi connectivity index (χ0n) is 11.1. The summed E-state index contributed by atoms with van der Waals surface area (Å²) in [6.07, 6.45) is 0. The van der Waals surface area contributed by atoms with Gasteiger partial charge in [0.1, 0.15) is 11.8 Å². The molecular weight excluding hydrogens is 281 g/mol. The quantitative estimate of drug-likeness (QED) is 0.876. The van der Waals surface area contributed by atoms with Gasteiger partial charge in [0.05, 0.1) is 18.4 Å². The number of nitrogens with zero attached hydrogens (tertiary/aromatic N) is 1. The van der Waals surface area contributed by atoms with E-state index in [1.54, 1.807) is 18.2 Å². The van der Waals surface area contributed by atoms with Crippen LogP contribution >= 0.6 is 0 Å². The van der Waals surface area contributed by atoms with Gasteiger partial charge in [-0.15, -0.1) is 0 Å². The highest BCUT2D eigenvalue weighted by Gasteiger charge is 2.12. The highest BCUT2D eigenvalue weighted by atomic mass is 19.2. The molecule has 0 saturated carbocycles. The van der Waals surface area contributed by atoms with Crippen molar-refractivity contribution in [2.75, 3.05) is 12.4 Å². The van der Waals surface area contributed by atoms with Gasteiger partial charge >= 0.3 is 0 Å². The average molecular weight is 292 g/mol. The van der Waals surface area contributed by atoms with Gasteiger partial charge in [0.2, 0.25) is 0 Å². The number of hydrogen-bond acceptors (Lipinski definition) is 3. The van der Waals surface area contributed by atoms with Crippen molar-refractivity contribution in [3.8, 4) is 11.8 Å². The minimum Gasteiger partial charge on any atom is -0.495 e. The highest BCUT2D eigenvalue weighted by molar-refractivity contribution is 5.66. The number of hydrogen-bond donors (Lipinski definition) is 1. The molecule has 0 saturated heterocycles. The van der Waals surface area contributed by atoms with Gasteiger partial charge in [0.15, 0.2) is 17.5 Å². The zero-order chi connectivity index (χ0) is 15.4. The van der Waals surface area contributed by atoms with E-state index >= 15 is 0 Å². The van der Waals surface area contributed by atoms with Gasteiger partial charge in [-0.2, -0.15) is 5.26 Å². The van der Waals surface area contributed by atoms with Crippen LogP contribution in [0.4, 0.5) is 18.9 Å². The SMILES string of the molecule is COc1cccc(C#N)c1NCc1cc(F)c(F)c(F)c1. The number of nitrogens with one attached hydrogen (secondary N) is 1. The predicted molar refractivity (Wildman–Crippen MR) is 71.4 cm³/mol. The molecule has 6 heteroatoms. The molecule has 2 aromatic rings. The van der Waals surface area contributed by atoms with E-state index in [0.717, 1.165) is 12.1 Å². The molecule has 108 valence electrons. The molecule has 0 bridgehead atoms. The number of nitriles is 1. The third kappa shape index (κ3) is 3.08. The van der Waals surface area contributed by atoms with Crippen LogP contribution in [0, 0.1) is 28.8 Å². The van der Waals surface area contributed by atoms with E-state index in [9.17, 15) is 13.2 Å². The summed E-state index contributed by atoms with van der Waals surface area (Å²) in [5, 5.41) is 11.9. The van der Waals surface area contributed by atoms with Gasteiger partial charge in [0.25, 0.3) is 0 Å². The summed E-state index contributed by atoms with van der Waals surface area (Å²) in [7, 11) is 1.44. The molecule has 1 N–H and O–H groups in total. The topological polar surface area (TPSA) is 45.0 Å². The number of halogens is 3. The lowest BCUT2D eigenvalue weighted by Gasteiger charge is -2.13. The van der Waals surface area contributed by atoms with Gasteiger partial charge in [0, 0.05) is 6.54 Å². The Balaban J connectivity index is 2.27. The van der Waals surface area contributed by atoms with Crippen LogP contribution in [0.3, 0.4) is 0 Å². The van der Waals surface area contributed by atoms with E-state index in [1.807, 2.05) is 6.07 Å². The molecule has 0 radical (unpaired) electrons. The Labute approximate surface area is 119 Å². The largest absolute Gasteiger partial charge is 0.495 e. The predicted octanol–water partition coefficient (Wildman–Crippen LogP) is 3.60. The van der Waals surface area contributed by atoms with Crippen molar-refractivity contribution in [3.63, 3.8) is 0 Å². The molecule has 0 unspecified atom stereocenters. The normalized spacial score (nSPS) is 10.0. The second-order valence-electron chi connectivity index (χ2n) is 4.22. The maximum atomic E-state index is 13.1. The van der Waals surface area contributed by atoms with Crippen molar-refractivity contribution in [2.45, 2.75) is 6.54 Å². The fraction of sp³-hybridized carbons (Fsp3) is 0.133. The standard InChI is InChI=1S/C15H11F3N2O/c1-21-13-4-2-3-10(7-19)15(13)20-8-9-5-11(16)14(18)12(17)6-9/h2-6,20H,8H2,1H3. The lowest BCUT2D eigenvalue weighted by atomic mass is 10.1. The van der Waals surface area contributed by atoms with E-state index in [2.05, 4.69) is 5.32 Å². The molecule has 0 aromatic heterocycles. The van der Waals surface area contributed by atoms with Crippen LogP contribution in [-0.4, -0.2) is 7.11 Å². The Hall–Kier alpha value is -2.68. The first kappa shape index (κ1) is 14.7. The summed E-state index contributed by atoms with van der Waals surface area (Å²) in [6, 6.07) is 8.66. The molecule has 0 aliphatic heterocycles. The van der Waals surface area contributed by atoms with E-state index in [4.69, 9.17) is 10.00 Å². The Morgan fingerprint density at radius 3 is 2.43 bits per heavy atom. The molecule has 21 heavy (non-hydrogen) atoms. The summed E-state index contributed by atoms with van der Waals surface area (Å²) in [6.45, 7) is 0.0170. The first-order valence-corrected chi connectivity index (χ1v) is 6.01. The van der Waals surface area contributed by atoms with Crippen molar-refractivity contribution in [1.29, 1.82) is 5.26 Å². The molecule has 2 aromatic carbocycles. The highest BCUT2D eigenvalue weighted by Crippen LogP contribution is 2.28. The van der Waals surface area contributed by atoms with Crippen LogP contribution < -0.4 is 10.1 Å². The molecule has 3 nitrogen and oxygen atoms in total. The molecule has 0 aliphatic rings. The van der Waals surface area contributed by atoms with E-state index < -0.39 is 17.5 Å². The molecule has 0 aliphatic carbocycles. The van der Waals surface area contributed by atoms with Crippen LogP contribution in [0.15, 0.2) is 30.3 Å². The molecule has 0 fully saturated rings. The minimum absolute atomic E-state index is 0.0170. The molecule has 0 amide bonds. The number of anilines is 1. The maximum absolute atomic E-state index is 13.1. The second-order valence-corrected chi connectivity index (χ2v) is 4.22. The molecule has 0 atom stereocenters. The first-order valence-electron chi connectivity index (χ1n) is 6.01. The van der Waals surface area contributed by atoms with E-state index in [0.29, 0.717) is 17.0 Å². The monoisotopic (exact) mass is 292 g/mol. The molecular formula is C15H11F3N2O. The fourth-order valence-corrected chi connectivity index (χ4v) is 1.88. The summed E-state index contributed by atoms with van der Waals surface area (Å²) in [4.78, 5) is 0. The Morgan fingerprint density at radius 1 is 1.19 bits per heavy atom. The Morgan fingerprint density at radius 2 is 1.86 bits per heavy atom. The second kappa shape index (κ2) is 6.18.